The maximum absolute atomic E-state index is 13.4. The minimum atomic E-state index is -0.370. The van der Waals surface area contributed by atoms with E-state index in [4.69, 9.17) is 4.98 Å². The predicted molar refractivity (Wildman–Crippen MR) is 115 cm³/mol. The minimum absolute atomic E-state index is 0.0707. The van der Waals surface area contributed by atoms with Gasteiger partial charge in [-0.15, -0.1) is 0 Å². The van der Waals surface area contributed by atoms with E-state index in [-0.39, 0.29) is 22.6 Å². The van der Waals surface area contributed by atoms with Gasteiger partial charge in [-0.2, -0.15) is 0 Å². The molecular weight excluding hydrogens is 370 g/mol. The lowest BCUT2D eigenvalue weighted by molar-refractivity contribution is -0.120. The molecule has 0 aliphatic carbocycles. The van der Waals surface area contributed by atoms with Gasteiger partial charge in [-0.05, 0) is 43.5 Å². The van der Waals surface area contributed by atoms with Crippen molar-refractivity contribution >= 4 is 28.6 Å². The third-order valence-corrected chi connectivity index (χ3v) is 5.60. The van der Waals surface area contributed by atoms with Gasteiger partial charge in [0.05, 0.1) is 21.8 Å². The largest absolute Gasteiger partial charge is 0.355 e. The number of nitrogens with one attached hydrogen (secondary N) is 1. The summed E-state index contributed by atoms with van der Waals surface area (Å²) >= 11 is 1.30. The summed E-state index contributed by atoms with van der Waals surface area (Å²) in [5.74, 6) is 0.173. The molecule has 6 heteroatoms. The van der Waals surface area contributed by atoms with Crippen LogP contribution in [0.1, 0.15) is 39.2 Å². The lowest BCUT2D eigenvalue weighted by Gasteiger charge is -2.19. The fourth-order valence-electron chi connectivity index (χ4n) is 3.11. The first-order valence-electron chi connectivity index (χ1n) is 9.49. The van der Waals surface area contributed by atoms with E-state index in [2.05, 4.69) is 19.2 Å². The van der Waals surface area contributed by atoms with Gasteiger partial charge in [0.25, 0.3) is 5.56 Å². The normalized spacial score (nSPS) is 12.3. The Labute approximate surface area is 169 Å². The molecule has 0 unspecified atom stereocenters. The van der Waals surface area contributed by atoms with Crippen molar-refractivity contribution in [2.75, 3.05) is 6.54 Å². The van der Waals surface area contributed by atoms with Crippen molar-refractivity contribution in [3.63, 3.8) is 0 Å². The lowest BCUT2D eigenvalue weighted by atomic mass is 10.0. The van der Waals surface area contributed by atoms with Crippen molar-refractivity contribution < 1.29 is 4.79 Å². The number of thioether (sulfide) groups is 1. The molecule has 5 nitrogen and oxygen atoms in total. The zero-order valence-corrected chi connectivity index (χ0v) is 17.4. The number of amides is 1. The van der Waals surface area contributed by atoms with Gasteiger partial charge in [-0.1, -0.05) is 55.9 Å². The summed E-state index contributed by atoms with van der Waals surface area (Å²) in [6.07, 6.45) is 0. The summed E-state index contributed by atoms with van der Waals surface area (Å²) in [7, 11) is 0. The Morgan fingerprint density at radius 1 is 1.11 bits per heavy atom. The van der Waals surface area contributed by atoms with Crippen LogP contribution in [0.25, 0.3) is 16.6 Å². The first-order chi connectivity index (χ1) is 13.4. The van der Waals surface area contributed by atoms with Gasteiger partial charge in [0.2, 0.25) is 5.91 Å². The Kier molecular flexibility index (Phi) is 6.19. The van der Waals surface area contributed by atoms with E-state index >= 15 is 0 Å². The molecule has 1 aromatic heterocycles. The summed E-state index contributed by atoms with van der Waals surface area (Å²) in [4.78, 5) is 30.4. The highest BCUT2D eigenvalue weighted by molar-refractivity contribution is 8.00. The van der Waals surface area contributed by atoms with E-state index in [1.807, 2.05) is 56.3 Å². The molecule has 0 bridgehead atoms. The quantitative estimate of drug-likeness (QED) is 0.504. The fourth-order valence-corrected chi connectivity index (χ4v) is 4.06. The van der Waals surface area contributed by atoms with Crippen molar-refractivity contribution in [3.8, 4) is 5.69 Å². The van der Waals surface area contributed by atoms with E-state index in [1.165, 1.54) is 11.8 Å². The van der Waals surface area contributed by atoms with Crippen LogP contribution in [0.15, 0.2) is 58.5 Å². The lowest BCUT2D eigenvalue weighted by Crippen LogP contribution is -2.31. The van der Waals surface area contributed by atoms with E-state index < -0.39 is 0 Å². The second-order valence-corrected chi connectivity index (χ2v) is 8.23. The topological polar surface area (TPSA) is 64.0 Å². The monoisotopic (exact) mass is 395 g/mol. The molecular formula is C22H25N3O2S. The maximum atomic E-state index is 13.4. The van der Waals surface area contributed by atoms with Crippen molar-refractivity contribution in [2.24, 2.45) is 0 Å². The Hall–Kier alpha value is -2.60. The zero-order valence-electron chi connectivity index (χ0n) is 16.6. The van der Waals surface area contributed by atoms with Crippen LogP contribution in [0.3, 0.4) is 0 Å². The first kappa shape index (κ1) is 20.1. The summed E-state index contributed by atoms with van der Waals surface area (Å²) in [5.41, 5.74) is 2.39. The van der Waals surface area contributed by atoms with Crippen molar-refractivity contribution in [2.45, 2.75) is 44.0 Å². The second kappa shape index (κ2) is 8.61. The number of carbonyl (C=O) groups excluding carboxylic acids is 1. The second-order valence-electron chi connectivity index (χ2n) is 6.92. The number of nitrogens with zero attached hydrogens (tertiary/aromatic N) is 2. The average molecular weight is 396 g/mol. The highest BCUT2D eigenvalue weighted by Crippen LogP contribution is 2.29. The van der Waals surface area contributed by atoms with Gasteiger partial charge in [-0.25, -0.2) is 4.98 Å². The standard InChI is InChI=1S/C22H25N3O2S/c1-5-23-20(26)15(4)28-22-24-18-12-8-6-11-17(18)21(27)25(22)19-13-9-7-10-16(19)14(2)3/h6-15H,5H2,1-4H3,(H,23,26)/t15-/m0/s1. The predicted octanol–water partition coefficient (Wildman–Crippen LogP) is 4.13. The minimum Gasteiger partial charge on any atom is -0.355 e. The Morgan fingerprint density at radius 3 is 2.50 bits per heavy atom. The maximum Gasteiger partial charge on any atom is 0.266 e. The smallest absolute Gasteiger partial charge is 0.266 e. The number of hydrogen-bond acceptors (Lipinski definition) is 4. The zero-order chi connectivity index (χ0) is 20.3. The molecule has 0 aliphatic heterocycles. The summed E-state index contributed by atoms with van der Waals surface area (Å²) in [6.45, 7) is 8.48. The van der Waals surface area contributed by atoms with Crippen LogP contribution >= 0.6 is 11.8 Å². The van der Waals surface area contributed by atoms with Crippen LogP contribution in [-0.4, -0.2) is 27.3 Å². The van der Waals surface area contributed by atoms with Crippen molar-refractivity contribution in [1.29, 1.82) is 0 Å². The van der Waals surface area contributed by atoms with Gasteiger partial charge in [0, 0.05) is 6.54 Å². The molecule has 1 amide bonds. The van der Waals surface area contributed by atoms with Crippen molar-refractivity contribution in [1.82, 2.24) is 14.9 Å². The molecule has 1 atom stereocenters. The Balaban J connectivity index is 2.24. The number of benzene rings is 2. The number of carbonyl (C=O) groups is 1. The number of aromatic nitrogens is 2. The Bertz CT molecular complexity index is 1060. The molecule has 0 spiro atoms. The van der Waals surface area contributed by atoms with Crippen molar-refractivity contribution in [3.05, 3.63) is 64.4 Å². The van der Waals surface area contributed by atoms with Crippen LogP contribution in [-0.2, 0) is 4.79 Å². The number of para-hydroxylation sites is 2. The van der Waals surface area contributed by atoms with Gasteiger partial charge >= 0.3 is 0 Å². The van der Waals surface area contributed by atoms with Crippen LogP contribution < -0.4 is 10.9 Å². The molecule has 0 fully saturated rings. The highest BCUT2D eigenvalue weighted by Gasteiger charge is 2.21. The van der Waals surface area contributed by atoms with E-state index in [0.717, 1.165) is 11.3 Å². The SMILES string of the molecule is CCNC(=O)[C@H](C)Sc1nc2ccccc2c(=O)n1-c1ccccc1C(C)C. The third-order valence-electron chi connectivity index (χ3n) is 4.55. The van der Waals surface area contributed by atoms with Gasteiger partial charge < -0.3 is 5.32 Å². The number of fused-ring (bicyclic) bond motifs is 1. The van der Waals surface area contributed by atoms with Crippen LogP contribution in [0.4, 0.5) is 0 Å². The van der Waals surface area contributed by atoms with Crippen LogP contribution in [0.2, 0.25) is 0 Å². The van der Waals surface area contributed by atoms with Gasteiger partial charge in [0.15, 0.2) is 5.16 Å². The Morgan fingerprint density at radius 2 is 1.79 bits per heavy atom. The number of hydrogen-bond donors (Lipinski definition) is 1. The molecule has 3 aromatic rings. The molecule has 3 rings (SSSR count). The average Bonchev–Trinajstić information content (AvgIpc) is 2.68. The number of rotatable bonds is 6. The van der Waals surface area contributed by atoms with Gasteiger partial charge in [0.1, 0.15) is 0 Å². The summed E-state index contributed by atoms with van der Waals surface area (Å²) in [5, 5.41) is 3.55. The first-order valence-corrected chi connectivity index (χ1v) is 10.4. The van der Waals surface area contributed by atoms with Crippen LogP contribution in [0, 0.1) is 0 Å². The van der Waals surface area contributed by atoms with E-state index in [0.29, 0.717) is 22.6 Å². The van der Waals surface area contributed by atoms with E-state index in [1.54, 1.807) is 10.6 Å². The molecule has 1 N–H and O–H groups in total. The molecule has 1 heterocycles. The van der Waals surface area contributed by atoms with E-state index in [9.17, 15) is 9.59 Å². The molecule has 0 saturated heterocycles. The molecule has 28 heavy (non-hydrogen) atoms. The van der Waals surface area contributed by atoms with Gasteiger partial charge in [-0.3, -0.25) is 14.2 Å². The summed E-state index contributed by atoms with van der Waals surface area (Å²) in [6, 6.07) is 15.2. The molecule has 0 saturated carbocycles. The molecule has 0 aliphatic rings. The summed E-state index contributed by atoms with van der Waals surface area (Å²) < 4.78 is 1.65. The fraction of sp³-hybridized carbons (Fsp3) is 0.318. The third kappa shape index (κ3) is 3.97. The molecule has 0 radical (unpaired) electrons. The molecule has 146 valence electrons. The molecule has 2 aromatic carbocycles. The highest BCUT2D eigenvalue weighted by atomic mass is 32.2. The van der Waals surface area contributed by atoms with Crippen LogP contribution in [0.5, 0.6) is 0 Å².